The molecule has 14 heavy (non-hydrogen) atoms. The van der Waals surface area contributed by atoms with Crippen LogP contribution in [0, 0.1) is 0 Å². The second-order valence-corrected chi connectivity index (χ2v) is 8.74. The van der Waals surface area contributed by atoms with Crippen molar-refractivity contribution in [2.24, 2.45) is 0 Å². The normalized spacial score (nSPS) is 12.9. The monoisotopic (exact) mass is 218 g/mol. The smallest absolute Gasteiger partial charge is 0.172 e. The van der Waals surface area contributed by atoms with E-state index in [0.29, 0.717) is 0 Å². The summed E-state index contributed by atoms with van der Waals surface area (Å²) in [6, 6.07) is 8.34. The molecule has 0 aliphatic heterocycles. The maximum atomic E-state index is 12.3. The van der Waals surface area contributed by atoms with Gasteiger partial charge in [-0.1, -0.05) is 48.6 Å². The van der Waals surface area contributed by atoms with Crippen molar-refractivity contribution in [1.82, 2.24) is 0 Å². The Morgan fingerprint density at radius 1 is 1.07 bits per heavy atom. The molecule has 0 amide bonds. The van der Waals surface area contributed by atoms with Crippen LogP contribution >= 0.6 is 0 Å². The van der Waals surface area contributed by atoms with Gasteiger partial charge in [0.2, 0.25) is 0 Å². The second kappa shape index (κ2) is 3.77. The highest BCUT2D eigenvalue weighted by molar-refractivity contribution is 6.89. The van der Waals surface area contributed by atoms with Crippen molar-refractivity contribution in [3.63, 3.8) is 0 Å². The van der Waals surface area contributed by atoms with E-state index in [0.717, 1.165) is 5.19 Å². The lowest BCUT2D eigenvalue weighted by Gasteiger charge is -2.24. The Hall–Kier alpha value is -0.773. The minimum Gasteiger partial charge on any atom is -0.172 e. The van der Waals surface area contributed by atoms with Crippen LogP contribution in [0.5, 0.6) is 0 Å². The summed E-state index contributed by atoms with van der Waals surface area (Å²) in [6.07, 6.45) is -4.05. The minimum atomic E-state index is -4.05. The summed E-state index contributed by atoms with van der Waals surface area (Å²) in [6.45, 7) is 3.49. The van der Waals surface area contributed by atoms with Gasteiger partial charge in [0, 0.05) is 6.04 Å². The molecule has 0 aromatic heterocycles. The van der Waals surface area contributed by atoms with Crippen molar-refractivity contribution < 1.29 is 13.2 Å². The van der Waals surface area contributed by atoms with Gasteiger partial charge in [-0.2, -0.15) is 13.2 Å². The average molecular weight is 218 g/mol. The third kappa shape index (κ3) is 3.18. The standard InChI is InChI=1S/C10H13F3Si/c1-14(2,8-10(11,12)13)9-6-4-3-5-7-9/h3-7H,8H2,1-2H3. The first kappa shape index (κ1) is 11.3. The fourth-order valence-electron chi connectivity index (χ4n) is 1.49. The summed E-state index contributed by atoms with van der Waals surface area (Å²) in [5, 5.41) is 0.859. The van der Waals surface area contributed by atoms with E-state index in [2.05, 4.69) is 0 Å². The molecule has 0 atom stereocenters. The Morgan fingerprint density at radius 3 is 2.00 bits per heavy atom. The molecule has 0 radical (unpaired) electrons. The molecule has 0 bridgehead atoms. The Bertz CT molecular complexity index is 290. The average Bonchev–Trinajstić information content (AvgIpc) is 2.01. The number of hydrogen-bond donors (Lipinski definition) is 0. The highest BCUT2D eigenvalue weighted by Gasteiger charge is 2.38. The fourth-order valence-corrected chi connectivity index (χ4v) is 3.79. The van der Waals surface area contributed by atoms with E-state index in [9.17, 15) is 13.2 Å². The van der Waals surface area contributed by atoms with Crippen molar-refractivity contribution in [1.29, 1.82) is 0 Å². The summed E-state index contributed by atoms with van der Waals surface area (Å²) >= 11 is 0. The zero-order valence-corrected chi connectivity index (χ0v) is 9.23. The SMILES string of the molecule is C[Si](C)(CC(F)(F)F)c1ccccc1. The Kier molecular flexibility index (Phi) is 3.04. The first-order valence-electron chi connectivity index (χ1n) is 4.43. The number of benzene rings is 1. The zero-order valence-electron chi connectivity index (χ0n) is 8.23. The first-order valence-corrected chi connectivity index (χ1v) is 7.64. The van der Waals surface area contributed by atoms with Crippen molar-refractivity contribution >= 4 is 13.3 Å². The van der Waals surface area contributed by atoms with E-state index in [1.807, 2.05) is 6.07 Å². The molecule has 78 valence electrons. The van der Waals surface area contributed by atoms with E-state index < -0.39 is 20.3 Å². The predicted octanol–water partition coefficient (Wildman–Crippen LogP) is 3.16. The largest absolute Gasteiger partial charge is 0.387 e. The van der Waals surface area contributed by atoms with Gasteiger partial charge < -0.3 is 0 Å². The highest BCUT2D eigenvalue weighted by Crippen LogP contribution is 2.27. The molecule has 0 saturated heterocycles. The van der Waals surface area contributed by atoms with Gasteiger partial charge >= 0.3 is 6.18 Å². The molecule has 0 fully saturated rings. The highest BCUT2D eigenvalue weighted by atomic mass is 28.3. The quantitative estimate of drug-likeness (QED) is 0.669. The van der Waals surface area contributed by atoms with Gasteiger partial charge in [0.05, 0.1) is 8.07 Å². The van der Waals surface area contributed by atoms with Crippen molar-refractivity contribution in [2.75, 3.05) is 0 Å². The molecule has 0 aliphatic carbocycles. The van der Waals surface area contributed by atoms with Gasteiger partial charge in [0.1, 0.15) is 0 Å². The van der Waals surface area contributed by atoms with Gasteiger partial charge in [0.25, 0.3) is 0 Å². The number of alkyl halides is 3. The maximum Gasteiger partial charge on any atom is 0.387 e. The van der Waals surface area contributed by atoms with Crippen molar-refractivity contribution in [2.45, 2.75) is 25.3 Å². The van der Waals surface area contributed by atoms with Gasteiger partial charge in [0.15, 0.2) is 0 Å². The molecule has 0 saturated carbocycles. The maximum absolute atomic E-state index is 12.3. The van der Waals surface area contributed by atoms with Crippen LogP contribution in [-0.2, 0) is 0 Å². The van der Waals surface area contributed by atoms with Crippen LogP contribution in [0.15, 0.2) is 30.3 Å². The van der Waals surface area contributed by atoms with Crippen LogP contribution in [0.4, 0.5) is 13.2 Å². The number of halogens is 3. The Morgan fingerprint density at radius 2 is 1.57 bits per heavy atom. The summed E-state index contributed by atoms with van der Waals surface area (Å²) < 4.78 is 36.8. The third-order valence-corrected chi connectivity index (χ3v) is 5.38. The Labute approximate surface area is 82.8 Å². The molecule has 0 spiro atoms. The van der Waals surface area contributed by atoms with Crippen molar-refractivity contribution in [3.8, 4) is 0 Å². The summed E-state index contributed by atoms with van der Waals surface area (Å²) in [4.78, 5) is 0. The predicted molar refractivity (Wildman–Crippen MR) is 54.4 cm³/mol. The summed E-state index contributed by atoms with van der Waals surface area (Å²) in [7, 11) is -2.34. The van der Waals surface area contributed by atoms with E-state index in [1.165, 1.54) is 0 Å². The first-order chi connectivity index (χ1) is 6.31. The van der Waals surface area contributed by atoms with E-state index in [-0.39, 0.29) is 0 Å². The van der Waals surface area contributed by atoms with Gasteiger partial charge in [-0.25, -0.2) is 0 Å². The van der Waals surface area contributed by atoms with Gasteiger partial charge in [-0.3, -0.25) is 0 Å². The molecule has 0 aliphatic rings. The van der Waals surface area contributed by atoms with E-state index in [1.54, 1.807) is 37.4 Å². The van der Waals surface area contributed by atoms with Gasteiger partial charge in [-0.15, -0.1) is 0 Å². The number of rotatable bonds is 2. The lowest BCUT2D eigenvalue weighted by Crippen LogP contribution is -2.44. The van der Waals surface area contributed by atoms with Crippen LogP contribution in [0.3, 0.4) is 0 Å². The molecule has 0 nitrogen and oxygen atoms in total. The van der Waals surface area contributed by atoms with E-state index >= 15 is 0 Å². The minimum absolute atomic E-state index is 0.649. The molecule has 1 aromatic rings. The topological polar surface area (TPSA) is 0 Å². The van der Waals surface area contributed by atoms with Crippen LogP contribution < -0.4 is 5.19 Å². The number of hydrogen-bond acceptors (Lipinski definition) is 0. The molecular formula is C10H13F3Si. The van der Waals surface area contributed by atoms with E-state index in [4.69, 9.17) is 0 Å². The van der Waals surface area contributed by atoms with Crippen LogP contribution in [0.25, 0.3) is 0 Å². The molecular weight excluding hydrogens is 205 g/mol. The molecule has 1 rings (SSSR count). The summed E-state index contributed by atoms with van der Waals surface area (Å²) in [5.74, 6) is 0. The third-order valence-electron chi connectivity index (χ3n) is 2.20. The van der Waals surface area contributed by atoms with Crippen LogP contribution in [0.1, 0.15) is 0 Å². The zero-order chi connectivity index (χ0) is 10.8. The van der Waals surface area contributed by atoms with Crippen molar-refractivity contribution in [3.05, 3.63) is 30.3 Å². The molecule has 0 heterocycles. The molecule has 1 aromatic carbocycles. The van der Waals surface area contributed by atoms with Gasteiger partial charge in [-0.05, 0) is 0 Å². The molecule has 4 heteroatoms. The molecule has 0 unspecified atom stereocenters. The lowest BCUT2D eigenvalue weighted by molar-refractivity contribution is -0.110. The molecule has 0 N–H and O–H groups in total. The van der Waals surface area contributed by atoms with Crippen LogP contribution in [-0.4, -0.2) is 14.3 Å². The lowest BCUT2D eigenvalue weighted by atomic mass is 10.4. The fraction of sp³-hybridized carbons (Fsp3) is 0.400. The van der Waals surface area contributed by atoms with Crippen LogP contribution in [0.2, 0.25) is 19.1 Å². The second-order valence-electron chi connectivity index (χ2n) is 4.04. The Balaban J connectivity index is 2.86. The summed E-state index contributed by atoms with van der Waals surface area (Å²) in [5.41, 5.74) is 0.